The van der Waals surface area contributed by atoms with Crippen LogP contribution in [0.2, 0.25) is 0 Å². The summed E-state index contributed by atoms with van der Waals surface area (Å²) in [5.41, 5.74) is 8.29. The van der Waals surface area contributed by atoms with Gasteiger partial charge in [-0.2, -0.15) is 0 Å². The molecule has 4 rings (SSSR count). The smallest absolute Gasteiger partial charge is 0.194 e. The summed E-state index contributed by atoms with van der Waals surface area (Å²) >= 11 is 0. The standard InChI is InChI=1S/C18H19FN8/c1-11(16-21-7-12(19)8-22-16)18(20)25-14-6-4-3-5-13(14)17(26-18)24-15-9-27(2)10-23-15/h3-11,25H,20H2,1-2H3,(H,24,26)/t11-,18?/m1/s1. The predicted octanol–water partition coefficient (Wildman–Crippen LogP) is 2.05. The van der Waals surface area contributed by atoms with E-state index in [0.717, 1.165) is 23.6 Å². The van der Waals surface area contributed by atoms with Crippen LogP contribution in [0, 0.1) is 5.82 Å². The molecule has 0 bridgehead atoms. The number of imidazole rings is 1. The topological polar surface area (TPSA) is 106 Å². The lowest BCUT2D eigenvalue weighted by molar-refractivity contribution is 0.409. The van der Waals surface area contributed by atoms with Crippen LogP contribution in [-0.2, 0) is 7.05 Å². The van der Waals surface area contributed by atoms with Crippen LogP contribution in [0.15, 0.2) is 54.2 Å². The molecule has 9 heteroatoms. The minimum absolute atomic E-state index is 0.395. The highest BCUT2D eigenvalue weighted by atomic mass is 19.1. The number of nitrogens with two attached hydrogens (primary N) is 1. The van der Waals surface area contributed by atoms with E-state index in [1.807, 2.05) is 49.0 Å². The molecule has 1 aliphatic heterocycles. The minimum atomic E-state index is -1.22. The Labute approximate surface area is 155 Å². The molecule has 4 N–H and O–H groups in total. The van der Waals surface area contributed by atoms with Crippen LogP contribution in [0.3, 0.4) is 0 Å². The van der Waals surface area contributed by atoms with Crippen LogP contribution in [0.1, 0.15) is 24.2 Å². The Morgan fingerprint density at radius 2 is 1.96 bits per heavy atom. The second kappa shape index (κ2) is 6.44. The van der Waals surface area contributed by atoms with Crippen molar-refractivity contribution in [2.45, 2.75) is 18.6 Å². The van der Waals surface area contributed by atoms with Crippen LogP contribution in [0.25, 0.3) is 0 Å². The Balaban J connectivity index is 1.74. The van der Waals surface area contributed by atoms with Crippen molar-refractivity contribution >= 4 is 17.3 Å². The maximum Gasteiger partial charge on any atom is 0.194 e. The van der Waals surface area contributed by atoms with Gasteiger partial charge in [0.05, 0.1) is 24.6 Å². The van der Waals surface area contributed by atoms with Gasteiger partial charge in [0.25, 0.3) is 0 Å². The first-order valence-corrected chi connectivity index (χ1v) is 8.43. The van der Waals surface area contributed by atoms with Gasteiger partial charge in [0, 0.05) is 24.5 Å². The van der Waals surface area contributed by atoms with Crippen molar-refractivity contribution < 1.29 is 4.39 Å². The van der Waals surface area contributed by atoms with E-state index in [0.29, 0.717) is 17.5 Å². The lowest BCUT2D eigenvalue weighted by atomic mass is 9.98. The molecule has 3 aromatic rings. The fourth-order valence-electron chi connectivity index (χ4n) is 2.93. The zero-order chi connectivity index (χ0) is 19.0. The first-order valence-electron chi connectivity index (χ1n) is 8.43. The number of aromatic nitrogens is 4. The number of nitrogens with zero attached hydrogens (tertiary/aromatic N) is 5. The van der Waals surface area contributed by atoms with Crippen molar-refractivity contribution in [3.63, 3.8) is 0 Å². The number of halogens is 1. The largest absolute Gasteiger partial charge is 0.348 e. The number of hydrogen-bond acceptors (Lipinski definition) is 7. The molecule has 1 unspecified atom stereocenters. The maximum atomic E-state index is 13.2. The maximum absolute atomic E-state index is 13.2. The van der Waals surface area contributed by atoms with E-state index in [1.165, 1.54) is 0 Å². The highest BCUT2D eigenvalue weighted by Crippen LogP contribution is 2.33. The molecule has 0 saturated heterocycles. The average Bonchev–Trinajstić information content (AvgIpc) is 3.06. The van der Waals surface area contributed by atoms with Gasteiger partial charge >= 0.3 is 0 Å². The van der Waals surface area contributed by atoms with E-state index in [4.69, 9.17) is 10.7 Å². The highest BCUT2D eigenvalue weighted by Gasteiger charge is 2.38. The highest BCUT2D eigenvalue weighted by molar-refractivity contribution is 6.12. The fraction of sp³-hybridized carbons (Fsp3) is 0.222. The molecule has 1 aliphatic rings. The predicted molar refractivity (Wildman–Crippen MR) is 101 cm³/mol. The third kappa shape index (κ3) is 3.24. The number of anilines is 2. The second-order valence-electron chi connectivity index (χ2n) is 6.49. The number of aryl methyl sites for hydroxylation is 1. The summed E-state index contributed by atoms with van der Waals surface area (Å²) in [6.07, 6.45) is 5.78. The number of benzene rings is 1. The van der Waals surface area contributed by atoms with E-state index in [-0.39, 0.29) is 0 Å². The molecule has 0 spiro atoms. The summed E-state index contributed by atoms with van der Waals surface area (Å²) in [7, 11) is 1.89. The zero-order valence-electron chi connectivity index (χ0n) is 14.9. The first kappa shape index (κ1) is 17.1. The molecule has 138 valence electrons. The van der Waals surface area contributed by atoms with Crippen LogP contribution >= 0.6 is 0 Å². The lowest BCUT2D eigenvalue weighted by Crippen LogP contribution is -2.54. The zero-order valence-corrected chi connectivity index (χ0v) is 14.9. The van der Waals surface area contributed by atoms with Gasteiger partial charge in [-0.3, -0.25) is 5.73 Å². The van der Waals surface area contributed by atoms with Crippen LogP contribution in [-0.4, -0.2) is 31.1 Å². The molecule has 2 aromatic heterocycles. The molecule has 0 fully saturated rings. The van der Waals surface area contributed by atoms with Crippen molar-refractivity contribution in [1.82, 2.24) is 19.5 Å². The van der Waals surface area contributed by atoms with Crippen molar-refractivity contribution in [2.24, 2.45) is 17.8 Å². The van der Waals surface area contributed by atoms with Gasteiger partial charge in [0.1, 0.15) is 17.5 Å². The number of aliphatic imine (C=N–C) groups is 1. The molecule has 27 heavy (non-hydrogen) atoms. The molecule has 0 amide bonds. The van der Waals surface area contributed by atoms with Crippen molar-refractivity contribution in [3.8, 4) is 0 Å². The number of nitrogens with one attached hydrogen (secondary N) is 2. The van der Waals surface area contributed by atoms with Crippen molar-refractivity contribution in [2.75, 3.05) is 10.6 Å². The van der Waals surface area contributed by atoms with E-state index < -0.39 is 17.5 Å². The molecular weight excluding hydrogens is 347 g/mol. The average molecular weight is 366 g/mol. The molecule has 0 saturated carbocycles. The van der Waals surface area contributed by atoms with Gasteiger partial charge in [-0.25, -0.2) is 24.3 Å². The van der Waals surface area contributed by atoms with Crippen LogP contribution in [0.4, 0.5) is 15.9 Å². The third-order valence-electron chi connectivity index (χ3n) is 4.45. The Kier molecular flexibility index (Phi) is 4.08. The third-order valence-corrected chi connectivity index (χ3v) is 4.45. The summed E-state index contributed by atoms with van der Waals surface area (Å²) in [6.45, 7) is 1.84. The minimum Gasteiger partial charge on any atom is -0.348 e. The Bertz CT molecular complexity index is 997. The number of hydrogen-bond donors (Lipinski definition) is 3. The number of amidine groups is 1. The summed E-state index contributed by atoms with van der Waals surface area (Å²) in [6, 6.07) is 7.70. The van der Waals surface area contributed by atoms with Gasteiger partial charge in [-0.15, -0.1) is 0 Å². The monoisotopic (exact) mass is 366 g/mol. The summed E-state index contributed by atoms with van der Waals surface area (Å²) in [5.74, 6) is -0.511. The van der Waals surface area contributed by atoms with Crippen LogP contribution in [0.5, 0.6) is 0 Å². The first-order chi connectivity index (χ1) is 12.9. The summed E-state index contributed by atoms with van der Waals surface area (Å²) < 4.78 is 15.0. The van der Waals surface area contributed by atoms with Gasteiger partial charge in [0.2, 0.25) is 0 Å². The molecule has 1 aromatic carbocycles. The number of para-hydroxylation sites is 1. The Morgan fingerprint density at radius 1 is 1.22 bits per heavy atom. The van der Waals surface area contributed by atoms with Crippen molar-refractivity contribution in [1.29, 1.82) is 0 Å². The molecular formula is C18H19FN8. The molecule has 0 radical (unpaired) electrons. The summed E-state index contributed by atoms with van der Waals surface area (Å²) in [5, 5.41) is 6.48. The van der Waals surface area contributed by atoms with E-state index in [2.05, 4.69) is 25.6 Å². The van der Waals surface area contributed by atoms with Crippen LogP contribution < -0.4 is 16.4 Å². The van der Waals surface area contributed by atoms with Gasteiger partial charge < -0.3 is 15.2 Å². The number of fused-ring (bicyclic) bond motifs is 1. The second-order valence-corrected chi connectivity index (χ2v) is 6.49. The number of rotatable bonds is 3. The molecule has 8 nitrogen and oxygen atoms in total. The van der Waals surface area contributed by atoms with Gasteiger partial charge in [-0.1, -0.05) is 12.1 Å². The van der Waals surface area contributed by atoms with E-state index in [9.17, 15) is 4.39 Å². The summed E-state index contributed by atoms with van der Waals surface area (Å²) in [4.78, 5) is 17.1. The SMILES string of the molecule is C[C@H](c1ncc(F)cn1)C1(N)N=C(Nc2cn(C)cn2)c2ccccc2N1. The lowest BCUT2D eigenvalue weighted by Gasteiger charge is -2.37. The Morgan fingerprint density at radius 3 is 2.67 bits per heavy atom. The Hall–Kier alpha value is -3.33. The van der Waals surface area contributed by atoms with Gasteiger partial charge in [0.15, 0.2) is 11.6 Å². The van der Waals surface area contributed by atoms with Gasteiger partial charge in [-0.05, 0) is 19.1 Å². The normalized spacial score (nSPS) is 19.6. The molecule has 2 atom stereocenters. The van der Waals surface area contributed by atoms with E-state index >= 15 is 0 Å². The van der Waals surface area contributed by atoms with Crippen molar-refractivity contribution in [3.05, 3.63) is 66.4 Å². The molecule has 0 aliphatic carbocycles. The molecule has 3 heterocycles. The quantitative estimate of drug-likeness (QED) is 0.655. The fourth-order valence-corrected chi connectivity index (χ4v) is 2.93. The van der Waals surface area contributed by atoms with E-state index in [1.54, 1.807) is 6.33 Å².